The summed E-state index contributed by atoms with van der Waals surface area (Å²) in [5, 5.41) is 3.32. The van der Waals surface area contributed by atoms with Gasteiger partial charge in [-0.1, -0.05) is 6.07 Å². The van der Waals surface area contributed by atoms with Crippen LogP contribution in [0, 0.1) is 23.5 Å². The van der Waals surface area contributed by atoms with Gasteiger partial charge in [0.05, 0.1) is 0 Å². The summed E-state index contributed by atoms with van der Waals surface area (Å²) in [6.07, 6.45) is 0. The molecule has 0 aromatic heterocycles. The molecular formula is C15H18F2N2O. The fraction of sp³-hybridized carbons (Fsp3) is 0.533. The van der Waals surface area contributed by atoms with Crippen molar-refractivity contribution in [1.29, 1.82) is 0 Å². The maximum Gasteiger partial charge on any atom is 0.260 e. The molecule has 1 aromatic rings. The van der Waals surface area contributed by atoms with Crippen molar-refractivity contribution in [2.45, 2.75) is 19.4 Å². The van der Waals surface area contributed by atoms with Gasteiger partial charge in [0.2, 0.25) is 0 Å². The third-order valence-electron chi connectivity index (χ3n) is 4.78. The lowest BCUT2D eigenvalue weighted by atomic mass is 9.84. The van der Waals surface area contributed by atoms with Gasteiger partial charge in [-0.15, -0.1) is 0 Å². The van der Waals surface area contributed by atoms with E-state index < -0.39 is 23.1 Å². The van der Waals surface area contributed by atoms with E-state index in [-0.39, 0.29) is 5.54 Å². The molecule has 0 bridgehead atoms. The smallest absolute Gasteiger partial charge is 0.260 e. The van der Waals surface area contributed by atoms with Gasteiger partial charge in [-0.2, -0.15) is 0 Å². The van der Waals surface area contributed by atoms with Gasteiger partial charge in [0, 0.05) is 25.2 Å². The summed E-state index contributed by atoms with van der Waals surface area (Å²) in [5.41, 5.74) is -0.825. The number of nitrogens with zero attached hydrogens (tertiary/aromatic N) is 1. The predicted molar refractivity (Wildman–Crippen MR) is 71.3 cm³/mol. The fourth-order valence-corrected chi connectivity index (χ4v) is 3.60. The molecule has 2 atom stereocenters. The third kappa shape index (κ3) is 1.84. The van der Waals surface area contributed by atoms with Crippen molar-refractivity contribution in [2.75, 3.05) is 19.6 Å². The Morgan fingerprint density at radius 1 is 1.30 bits per heavy atom. The van der Waals surface area contributed by atoms with E-state index in [1.807, 2.05) is 13.8 Å². The first-order valence-corrected chi connectivity index (χ1v) is 6.89. The molecule has 3 rings (SSSR count). The Morgan fingerprint density at radius 2 is 1.95 bits per heavy atom. The van der Waals surface area contributed by atoms with Gasteiger partial charge >= 0.3 is 0 Å². The fourth-order valence-electron chi connectivity index (χ4n) is 3.60. The largest absolute Gasteiger partial charge is 0.333 e. The van der Waals surface area contributed by atoms with Crippen molar-refractivity contribution < 1.29 is 13.6 Å². The Bertz CT molecular complexity index is 539. The van der Waals surface area contributed by atoms with Gasteiger partial charge in [0.15, 0.2) is 0 Å². The van der Waals surface area contributed by atoms with Crippen molar-refractivity contribution in [3.05, 3.63) is 35.4 Å². The molecule has 2 unspecified atom stereocenters. The zero-order valence-corrected chi connectivity index (χ0v) is 11.6. The van der Waals surface area contributed by atoms with E-state index in [9.17, 15) is 13.6 Å². The van der Waals surface area contributed by atoms with Crippen molar-refractivity contribution in [2.24, 2.45) is 11.8 Å². The zero-order valence-electron chi connectivity index (χ0n) is 11.6. The van der Waals surface area contributed by atoms with Crippen molar-refractivity contribution in [3.63, 3.8) is 0 Å². The molecule has 2 aliphatic heterocycles. The van der Waals surface area contributed by atoms with E-state index >= 15 is 0 Å². The number of amides is 1. The summed E-state index contributed by atoms with van der Waals surface area (Å²) in [7, 11) is 0. The van der Waals surface area contributed by atoms with Crippen molar-refractivity contribution in [3.8, 4) is 0 Å². The molecule has 1 aromatic carbocycles. The molecule has 2 aliphatic rings. The van der Waals surface area contributed by atoms with Gasteiger partial charge in [0.1, 0.15) is 17.2 Å². The molecule has 2 saturated heterocycles. The van der Waals surface area contributed by atoms with Crippen LogP contribution in [0.5, 0.6) is 0 Å². The Labute approximate surface area is 117 Å². The molecule has 1 N–H and O–H groups in total. The summed E-state index contributed by atoms with van der Waals surface area (Å²) in [5.74, 6) is -1.42. The minimum atomic E-state index is -0.791. The molecule has 0 radical (unpaired) electrons. The molecule has 2 fully saturated rings. The number of hydrogen-bond acceptors (Lipinski definition) is 2. The van der Waals surface area contributed by atoms with Crippen molar-refractivity contribution >= 4 is 5.91 Å². The molecule has 3 nitrogen and oxygen atoms in total. The zero-order chi connectivity index (χ0) is 14.5. The minimum Gasteiger partial charge on any atom is -0.333 e. The normalized spacial score (nSPS) is 27.7. The number of carbonyl (C=O) groups excluding carboxylic acids is 1. The second-order valence-corrected chi connectivity index (χ2v) is 6.19. The SMILES string of the molecule is CC1(C)C2CNCC2CN1C(=O)c1c(F)cccc1F. The lowest BCUT2D eigenvalue weighted by Gasteiger charge is -2.35. The molecule has 108 valence electrons. The van der Waals surface area contributed by atoms with E-state index in [0.717, 1.165) is 25.2 Å². The molecule has 0 spiro atoms. The Morgan fingerprint density at radius 3 is 2.55 bits per heavy atom. The Kier molecular flexibility index (Phi) is 3.05. The van der Waals surface area contributed by atoms with Gasteiger partial charge < -0.3 is 10.2 Å². The van der Waals surface area contributed by atoms with Crippen LogP contribution in [0.15, 0.2) is 18.2 Å². The number of hydrogen-bond donors (Lipinski definition) is 1. The van der Waals surface area contributed by atoms with Crippen LogP contribution in [0.25, 0.3) is 0 Å². The maximum atomic E-state index is 13.8. The number of halogens is 2. The molecule has 1 amide bonds. The second-order valence-electron chi connectivity index (χ2n) is 6.19. The van der Waals surface area contributed by atoms with Crippen LogP contribution in [-0.4, -0.2) is 36.0 Å². The summed E-state index contributed by atoms with van der Waals surface area (Å²) in [6.45, 7) is 6.21. The summed E-state index contributed by atoms with van der Waals surface area (Å²) >= 11 is 0. The predicted octanol–water partition coefficient (Wildman–Crippen LogP) is 2.03. The lowest BCUT2D eigenvalue weighted by molar-refractivity contribution is 0.0593. The third-order valence-corrected chi connectivity index (χ3v) is 4.78. The highest BCUT2D eigenvalue weighted by Crippen LogP contribution is 2.41. The van der Waals surface area contributed by atoms with Gasteiger partial charge in [-0.3, -0.25) is 4.79 Å². The average Bonchev–Trinajstić information content (AvgIpc) is 2.91. The van der Waals surface area contributed by atoms with Crippen LogP contribution in [-0.2, 0) is 0 Å². The Balaban J connectivity index is 1.96. The van der Waals surface area contributed by atoms with Crippen LogP contribution in [0.1, 0.15) is 24.2 Å². The van der Waals surface area contributed by atoms with Gasteiger partial charge in [-0.05, 0) is 37.8 Å². The van der Waals surface area contributed by atoms with E-state index in [0.29, 0.717) is 18.4 Å². The topological polar surface area (TPSA) is 32.3 Å². The first kappa shape index (κ1) is 13.5. The van der Waals surface area contributed by atoms with Crippen LogP contribution >= 0.6 is 0 Å². The van der Waals surface area contributed by atoms with E-state index in [4.69, 9.17) is 0 Å². The highest BCUT2D eigenvalue weighted by atomic mass is 19.1. The lowest BCUT2D eigenvalue weighted by Crippen LogP contribution is -2.48. The molecule has 5 heteroatoms. The number of likely N-dealkylation sites (tertiary alicyclic amines) is 1. The summed E-state index contributed by atoms with van der Waals surface area (Å²) in [4.78, 5) is 14.2. The first-order valence-electron chi connectivity index (χ1n) is 6.89. The van der Waals surface area contributed by atoms with Crippen LogP contribution in [0.2, 0.25) is 0 Å². The maximum absolute atomic E-state index is 13.8. The highest BCUT2D eigenvalue weighted by molar-refractivity contribution is 5.95. The monoisotopic (exact) mass is 280 g/mol. The molecular weight excluding hydrogens is 262 g/mol. The molecule has 20 heavy (non-hydrogen) atoms. The number of rotatable bonds is 1. The number of benzene rings is 1. The molecule has 0 aliphatic carbocycles. The quantitative estimate of drug-likeness (QED) is 0.853. The number of carbonyl (C=O) groups is 1. The summed E-state index contributed by atoms with van der Waals surface area (Å²) in [6, 6.07) is 3.53. The Hall–Kier alpha value is -1.49. The van der Waals surface area contributed by atoms with E-state index in [1.54, 1.807) is 4.90 Å². The second kappa shape index (κ2) is 4.52. The first-order chi connectivity index (χ1) is 9.43. The number of nitrogens with one attached hydrogen (secondary N) is 1. The van der Waals surface area contributed by atoms with E-state index in [1.165, 1.54) is 6.07 Å². The molecule has 2 heterocycles. The van der Waals surface area contributed by atoms with Crippen LogP contribution in [0.3, 0.4) is 0 Å². The van der Waals surface area contributed by atoms with E-state index in [2.05, 4.69) is 5.32 Å². The average molecular weight is 280 g/mol. The van der Waals surface area contributed by atoms with Crippen molar-refractivity contribution in [1.82, 2.24) is 10.2 Å². The molecule has 0 saturated carbocycles. The standard InChI is InChI=1S/C15H18F2N2O/c1-15(2)10-7-18-6-9(10)8-19(15)14(20)13-11(16)4-3-5-12(13)17/h3-5,9-10,18H,6-8H2,1-2H3. The number of fused-ring (bicyclic) bond motifs is 1. The highest BCUT2D eigenvalue weighted by Gasteiger charge is 2.51. The van der Waals surface area contributed by atoms with Crippen LogP contribution in [0.4, 0.5) is 8.78 Å². The van der Waals surface area contributed by atoms with Gasteiger partial charge in [-0.25, -0.2) is 8.78 Å². The van der Waals surface area contributed by atoms with Gasteiger partial charge in [0.25, 0.3) is 5.91 Å². The summed E-state index contributed by atoms with van der Waals surface area (Å²) < 4.78 is 27.6. The minimum absolute atomic E-state index is 0.335. The van der Waals surface area contributed by atoms with Crippen LogP contribution < -0.4 is 5.32 Å².